The van der Waals surface area contributed by atoms with Gasteiger partial charge in [-0.25, -0.2) is 4.98 Å². The van der Waals surface area contributed by atoms with Gasteiger partial charge in [0.15, 0.2) is 0 Å². The Kier molecular flexibility index (Phi) is 4.54. The van der Waals surface area contributed by atoms with Crippen LogP contribution in [0.2, 0.25) is 0 Å². The van der Waals surface area contributed by atoms with Crippen molar-refractivity contribution in [2.45, 2.75) is 37.0 Å². The average molecular weight is 252 g/mol. The highest BCUT2D eigenvalue weighted by Gasteiger charge is 2.21. The fourth-order valence-corrected chi connectivity index (χ4v) is 3.16. The number of rotatable bonds is 4. The lowest BCUT2D eigenvalue weighted by Crippen LogP contribution is -2.28. The van der Waals surface area contributed by atoms with Crippen molar-refractivity contribution in [3.63, 3.8) is 0 Å². The molecule has 2 unspecified atom stereocenters. The first-order valence-electron chi connectivity index (χ1n) is 6.11. The summed E-state index contributed by atoms with van der Waals surface area (Å²) in [4.78, 5) is 4.12. The van der Waals surface area contributed by atoms with Gasteiger partial charge in [-0.05, 0) is 31.6 Å². The standard InChI is InChI=1S/C13H20N2OS/c1-16-13-9-11(6-7-14-13)15-10-4-3-5-12(8-10)17-2/h6-7,9-10,12H,3-5,8H2,1-2H3,(H,14,15). The van der Waals surface area contributed by atoms with Gasteiger partial charge in [-0.2, -0.15) is 11.8 Å². The lowest BCUT2D eigenvalue weighted by molar-refractivity contribution is 0.398. The van der Waals surface area contributed by atoms with Crippen molar-refractivity contribution >= 4 is 17.4 Å². The molecule has 1 aromatic rings. The lowest BCUT2D eigenvalue weighted by Gasteiger charge is -2.29. The van der Waals surface area contributed by atoms with Gasteiger partial charge in [0.05, 0.1) is 7.11 Å². The first-order chi connectivity index (χ1) is 8.31. The van der Waals surface area contributed by atoms with Gasteiger partial charge in [-0.3, -0.25) is 0 Å². The maximum absolute atomic E-state index is 5.13. The normalized spacial score (nSPS) is 24.4. The van der Waals surface area contributed by atoms with Crippen LogP contribution in [0.1, 0.15) is 25.7 Å². The van der Waals surface area contributed by atoms with Gasteiger partial charge >= 0.3 is 0 Å². The molecule has 4 heteroatoms. The third-order valence-corrected chi connectivity index (χ3v) is 4.37. The van der Waals surface area contributed by atoms with Crippen LogP contribution in [0.3, 0.4) is 0 Å². The van der Waals surface area contributed by atoms with Crippen molar-refractivity contribution in [2.24, 2.45) is 0 Å². The van der Waals surface area contributed by atoms with Crippen LogP contribution in [0.15, 0.2) is 18.3 Å². The molecule has 0 aromatic carbocycles. The molecule has 0 bridgehead atoms. The van der Waals surface area contributed by atoms with Crippen LogP contribution in [0.5, 0.6) is 5.88 Å². The van der Waals surface area contributed by atoms with Gasteiger partial charge < -0.3 is 10.1 Å². The molecule has 3 nitrogen and oxygen atoms in total. The first kappa shape index (κ1) is 12.6. The van der Waals surface area contributed by atoms with Gasteiger partial charge in [0.25, 0.3) is 0 Å². The first-order valence-corrected chi connectivity index (χ1v) is 7.40. The molecule has 1 aromatic heterocycles. The molecule has 0 spiro atoms. The largest absolute Gasteiger partial charge is 0.481 e. The van der Waals surface area contributed by atoms with Crippen molar-refractivity contribution in [1.82, 2.24) is 4.98 Å². The smallest absolute Gasteiger partial charge is 0.214 e. The molecule has 1 heterocycles. The van der Waals surface area contributed by atoms with Gasteiger partial charge in [0.1, 0.15) is 0 Å². The van der Waals surface area contributed by atoms with Crippen molar-refractivity contribution in [3.8, 4) is 5.88 Å². The zero-order valence-electron chi connectivity index (χ0n) is 10.5. The molecule has 0 aliphatic heterocycles. The van der Waals surface area contributed by atoms with Crippen LogP contribution < -0.4 is 10.1 Å². The molecule has 2 atom stereocenters. The van der Waals surface area contributed by atoms with E-state index in [1.165, 1.54) is 25.7 Å². The Morgan fingerprint density at radius 3 is 3.12 bits per heavy atom. The van der Waals surface area contributed by atoms with Crippen LogP contribution in [0.25, 0.3) is 0 Å². The number of hydrogen-bond acceptors (Lipinski definition) is 4. The highest BCUT2D eigenvalue weighted by Crippen LogP contribution is 2.29. The molecule has 0 saturated heterocycles. The maximum Gasteiger partial charge on any atom is 0.214 e. The summed E-state index contributed by atoms with van der Waals surface area (Å²) < 4.78 is 5.13. The highest BCUT2D eigenvalue weighted by molar-refractivity contribution is 7.99. The second kappa shape index (κ2) is 6.15. The molecule has 94 valence electrons. The van der Waals surface area contributed by atoms with Gasteiger partial charge in [-0.1, -0.05) is 6.42 Å². The number of pyridine rings is 1. The number of anilines is 1. The predicted molar refractivity (Wildman–Crippen MR) is 74.0 cm³/mol. The van der Waals surface area contributed by atoms with E-state index in [4.69, 9.17) is 4.74 Å². The Bertz CT molecular complexity index is 359. The predicted octanol–water partition coefficient (Wildman–Crippen LogP) is 3.18. The minimum Gasteiger partial charge on any atom is -0.481 e. The zero-order valence-corrected chi connectivity index (χ0v) is 11.3. The Hall–Kier alpha value is -0.900. The molecule has 1 fully saturated rings. The number of nitrogens with one attached hydrogen (secondary N) is 1. The van der Waals surface area contributed by atoms with E-state index in [1.54, 1.807) is 13.3 Å². The molecule has 1 N–H and O–H groups in total. The second-order valence-corrected chi connectivity index (χ2v) is 5.59. The van der Waals surface area contributed by atoms with E-state index in [0.29, 0.717) is 11.9 Å². The third-order valence-electron chi connectivity index (χ3n) is 3.27. The minimum absolute atomic E-state index is 0.591. The van der Waals surface area contributed by atoms with Crippen LogP contribution in [-0.4, -0.2) is 29.6 Å². The van der Waals surface area contributed by atoms with Crippen LogP contribution in [-0.2, 0) is 0 Å². The maximum atomic E-state index is 5.13. The second-order valence-electron chi connectivity index (χ2n) is 4.45. The van der Waals surface area contributed by atoms with E-state index >= 15 is 0 Å². The Morgan fingerprint density at radius 2 is 2.35 bits per heavy atom. The summed E-state index contributed by atoms with van der Waals surface area (Å²) in [5.74, 6) is 0.673. The fraction of sp³-hybridized carbons (Fsp3) is 0.615. The molecule has 1 aliphatic carbocycles. The van der Waals surface area contributed by atoms with E-state index in [9.17, 15) is 0 Å². The van der Waals surface area contributed by atoms with Gasteiger partial charge in [-0.15, -0.1) is 0 Å². The Balaban J connectivity index is 1.95. The average Bonchev–Trinajstić information content (AvgIpc) is 2.39. The molecular formula is C13H20N2OS. The molecule has 17 heavy (non-hydrogen) atoms. The summed E-state index contributed by atoms with van der Waals surface area (Å²) in [6, 6.07) is 4.56. The zero-order chi connectivity index (χ0) is 12.1. The lowest BCUT2D eigenvalue weighted by atomic mass is 9.95. The van der Waals surface area contributed by atoms with E-state index in [1.807, 2.05) is 23.9 Å². The molecule has 0 radical (unpaired) electrons. The Morgan fingerprint density at radius 1 is 1.47 bits per heavy atom. The number of hydrogen-bond donors (Lipinski definition) is 1. The van der Waals surface area contributed by atoms with Crippen molar-refractivity contribution in [1.29, 1.82) is 0 Å². The number of nitrogens with zero attached hydrogens (tertiary/aromatic N) is 1. The van der Waals surface area contributed by atoms with E-state index < -0.39 is 0 Å². The summed E-state index contributed by atoms with van der Waals surface area (Å²) in [7, 11) is 1.65. The van der Waals surface area contributed by atoms with Gasteiger partial charge in [0.2, 0.25) is 5.88 Å². The number of methoxy groups -OCH3 is 1. The van der Waals surface area contributed by atoms with E-state index in [-0.39, 0.29) is 0 Å². The highest BCUT2D eigenvalue weighted by atomic mass is 32.2. The van der Waals surface area contributed by atoms with Crippen molar-refractivity contribution in [3.05, 3.63) is 18.3 Å². The summed E-state index contributed by atoms with van der Waals surface area (Å²) in [6.07, 6.45) is 9.20. The quantitative estimate of drug-likeness (QED) is 0.892. The van der Waals surface area contributed by atoms with Crippen LogP contribution in [0, 0.1) is 0 Å². The third kappa shape index (κ3) is 3.53. The monoisotopic (exact) mass is 252 g/mol. The molecule has 1 saturated carbocycles. The summed E-state index contributed by atoms with van der Waals surface area (Å²) in [5, 5.41) is 4.40. The van der Waals surface area contributed by atoms with E-state index in [0.717, 1.165) is 10.9 Å². The Labute approximate surface area is 107 Å². The topological polar surface area (TPSA) is 34.1 Å². The minimum atomic E-state index is 0.591. The number of aromatic nitrogens is 1. The van der Waals surface area contributed by atoms with Gasteiger partial charge in [0, 0.05) is 29.2 Å². The van der Waals surface area contributed by atoms with Crippen LogP contribution >= 0.6 is 11.8 Å². The van der Waals surface area contributed by atoms with Crippen molar-refractivity contribution < 1.29 is 4.74 Å². The number of thioether (sulfide) groups is 1. The number of ether oxygens (including phenoxy) is 1. The van der Waals surface area contributed by atoms with Crippen molar-refractivity contribution in [2.75, 3.05) is 18.7 Å². The van der Waals surface area contributed by atoms with E-state index in [2.05, 4.69) is 16.6 Å². The molecule has 1 aliphatic rings. The molecule has 0 amide bonds. The molecule has 2 rings (SSSR count). The molecular weight excluding hydrogens is 232 g/mol. The SMILES string of the molecule is COc1cc(NC2CCCC(SC)C2)ccn1. The van der Waals surface area contributed by atoms with Crippen LogP contribution in [0.4, 0.5) is 5.69 Å². The summed E-state index contributed by atoms with van der Waals surface area (Å²) in [5.41, 5.74) is 1.11. The fourth-order valence-electron chi connectivity index (χ4n) is 2.34. The summed E-state index contributed by atoms with van der Waals surface area (Å²) >= 11 is 1.99. The summed E-state index contributed by atoms with van der Waals surface area (Å²) in [6.45, 7) is 0.